The lowest BCUT2D eigenvalue weighted by Gasteiger charge is -2.12. The first-order valence-electron chi connectivity index (χ1n) is 6.28. The Kier molecular flexibility index (Phi) is 4.07. The lowest BCUT2D eigenvalue weighted by Crippen LogP contribution is -2.26. The highest BCUT2D eigenvalue weighted by atomic mass is 16.5. The molecule has 0 aliphatic rings. The standard InChI is InChI=1S/C15H15NO5/c1-8(17)11-9-6-4-5-7-10(9)16-13(11)12(14(18)20-2)15(19)21-3/h4-7,12,16H,1-3H3. The summed E-state index contributed by atoms with van der Waals surface area (Å²) >= 11 is 0. The number of fused-ring (bicyclic) bond motifs is 1. The number of rotatable bonds is 4. The van der Waals surface area contributed by atoms with Crippen LogP contribution in [0.25, 0.3) is 10.9 Å². The fourth-order valence-corrected chi connectivity index (χ4v) is 2.33. The Hall–Kier alpha value is -2.63. The first-order chi connectivity index (χ1) is 10.0. The highest BCUT2D eigenvalue weighted by molar-refractivity contribution is 6.12. The summed E-state index contributed by atoms with van der Waals surface area (Å²) in [4.78, 5) is 38.7. The summed E-state index contributed by atoms with van der Waals surface area (Å²) in [6, 6.07) is 7.07. The van der Waals surface area contributed by atoms with Crippen LogP contribution in [0.4, 0.5) is 0 Å². The van der Waals surface area contributed by atoms with Gasteiger partial charge in [0.2, 0.25) is 0 Å². The second-order valence-electron chi connectivity index (χ2n) is 4.49. The van der Waals surface area contributed by atoms with Crippen molar-refractivity contribution in [3.05, 3.63) is 35.5 Å². The summed E-state index contributed by atoms with van der Waals surface area (Å²) in [5.41, 5.74) is 1.16. The van der Waals surface area contributed by atoms with E-state index in [0.29, 0.717) is 16.5 Å². The van der Waals surface area contributed by atoms with E-state index >= 15 is 0 Å². The van der Waals surface area contributed by atoms with Gasteiger partial charge in [0.25, 0.3) is 0 Å². The van der Waals surface area contributed by atoms with E-state index in [0.717, 1.165) is 0 Å². The summed E-state index contributed by atoms with van der Waals surface area (Å²) in [5, 5.41) is 0.651. The number of aromatic nitrogens is 1. The van der Waals surface area contributed by atoms with E-state index in [-0.39, 0.29) is 11.5 Å². The Labute approximate surface area is 121 Å². The SMILES string of the molecule is COC(=O)C(C(=O)OC)c1[nH]c2ccccc2c1C(C)=O. The first kappa shape index (κ1) is 14.8. The van der Waals surface area contributed by atoms with Crippen molar-refractivity contribution >= 4 is 28.6 Å². The minimum atomic E-state index is -1.31. The summed E-state index contributed by atoms with van der Waals surface area (Å²) in [6.07, 6.45) is 0. The van der Waals surface area contributed by atoms with Gasteiger partial charge >= 0.3 is 11.9 Å². The first-order valence-corrected chi connectivity index (χ1v) is 6.28. The van der Waals surface area contributed by atoms with Crippen molar-refractivity contribution in [3.8, 4) is 0 Å². The van der Waals surface area contributed by atoms with Gasteiger partial charge in [-0.2, -0.15) is 0 Å². The zero-order chi connectivity index (χ0) is 15.6. The molecule has 6 nitrogen and oxygen atoms in total. The summed E-state index contributed by atoms with van der Waals surface area (Å²) in [6.45, 7) is 1.38. The number of benzene rings is 1. The van der Waals surface area contributed by atoms with Crippen molar-refractivity contribution in [3.63, 3.8) is 0 Å². The molecule has 0 saturated carbocycles. The zero-order valence-corrected chi connectivity index (χ0v) is 11.9. The number of Topliss-reactive ketones (excluding diaryl/α,β-unsaturated/α-hetero) is 1. The van der Waals surface area contributed by atoms with E-state index in [4.69, 9.17) is 0 Å². The molecule has 0 fully saturated rings. The van der Waals surface area contributed by atoms with Gasteiger partial charge in [-0.3, -0.25) is 14.4 Å². The molecular weight excluding hydrogens is 274 g/mol. The Balaban J connectivity index is 2.73. The van der Waals surface area contributed by atoms with Crippen LogP contribution in [0.2, 0.25) is 0 Å². The molecule has 0 atom stereocenters. The average molecular weight is 289 g/mol. The fourth-order valence-electron chi connectivity index (χ4n) is 2.33. The number of para-hydroxylation sites is 1. The number of ether oxygens (including phenoxy) is 2. The van der Waals surface area contributed by atoms with Crippen LogP contribution >= 0.6 is 0 Å². The van der Waals surface area contributed by atoms with E-state index < -0.39 is 17.9 Å². The van der Waals surface area contributed by atoms with Crippen LogP contribution in [-0.2, 0) is 19.1 Å². The van der Waals surface area contributed by atoms with Crippen LogP contribution in [0.5, 0.6) is 0 Å². The number of aromatic amines is 1. The maximum Gasteiger partial charge on any atom is 0.326 e. The molecule has 0 bridgehead atoms. The van der Waals surface area contributed by atoms with Crippen LogP contribution in [0.1, 0.15) is 28.9 Å². The fraction of sp³-hybridized carbons (Fsp3) is 0.267. The number of carbonyl (C=O) groups is 3. The van der Waals surface area contributed by atoms with Gasteiger partial charge < -0.3 is 14.5 Å². The molecule has 0 unspecified atom stereocenters. The van der Waals surface area contributed by atoms with Gasteiger partial charge in [0, 0.05) is 16.5 Å². The Morgan fingerprint density at radius 3 is 2.14 bits per heavy atom. The quantitative estimate of drug-likeness (QED) is 0.527. The second kappa shape index (κ2) is 5.78. The van der Waals surface area contributed by atoms with Gasteiger partial charge in [-0.05, 0) is 13.0 Å². The number of hydrogen-bond donors (Lipinski definition) is 1. The van der Waals surface area contributed by atoms with Crippen molar-refractivity contribution in [2.24, 2.45) is 0 Å². The summed E-state index contributed by atoms with van der Waals surface area (Å²) < 4.78 is 9.30. The third-order valence-corrected chi connectivity index (χ3v) is 3.25. The predicted molar refractivity (Wildman–Crippen MR) is 75.1 cm³/mol. The van der Waals surface area contributed by atoms with Gasteiger partial charge in [-0.15, -0.1) is 0 Å². The molecule has 21 heavy (non-hydrogen) atoms. The number of carbonyl (C=O) groups excluding carboxylic acids is 3. The average Bonchev–Trinajstić information content (AvgIpc) is 2.85. The molecule has 1 N–H and O–H groups in total. The monoisotopic (exact) mass is 289 g/mol. The van der Waals surface area contributed by atoms with Crippen molar-refractivity contribution in [2.45, 2.75) is 12.8 Å². The Bertz CT molecular complexity index is 700. The van der Waals surface area contributed by atoms with Crippen LogP contribution in [0.15, 0.2) is 24.3 Å². The molecule has 0 aliphatic carbocycles. The predicted octanol–water partition coefficient (Wildman–Crippen LogP) is 1.80. The Morgan fingerprint density at radius 2 is 1.62 bits per heavy atom. The summed E-state index contributed by atoms with van der Waals surface area (Å²) in [7, 11) is 2.35. The maximum atomic E-state index is 11.9. The van der Waals surface area contributed by atoms with Gasteiger partial charge in [0.1, 0.15) is 0 Å². The molecule has 1 aromatic carbocycles. The van der Waals surface area contributed by atoms with Crippen molar-refractivity contribution in [1.29, 1.82) is 0 Å². The van der Waals surface area contributed by atoms with Gasteiger partial charge in [0.15, 0.2) is 11.7 Å². The molecule has 0 saturated heterocycles. The van der Waals surface area contributed by atoms with E-state index in [1.165, 1.54) is 21.1 Å². The number of H-pyrrole nitrogens is 1. The molecule has 2 aromatic rings. The molecule has 1 heterocycles. The Morgan fingerprint density at radius 1 is 1.05 bits per heavy atom. The molecule has 0 radical (unpaired) electrons. The highest BCUT2D eigenvalue weighted by Crippen LogP contribution is 2.29. The largest absolute Gasteiger partial charge is 0.468 e. The number of nitrogens with one attached hydrogen (secondary N) is 1. The third kappa shape index (κ3) is 2.52. The minimum Gasteiger partial charge on any atom is -0.468 e. The maximum absolute atomic E-state index is 11.9. The van der Waals surface area contributed by atoms with Crippen molar-refractivity contribution in [1.82, 2.24) is 4.98 Å². The molecular formula is C15H15NO5. The van der Waals surface area contributed by atoms with Crippen molar-refractivity contribution in [2.75, 3.05) is 14.2 Å². The lowest BCUT2D eigenvalue weighted by molar-refractivity contribution is -0.154. The van der Waals surface area contributed by atoms with E-state index in [1.807, 2.05) is 0 Å². The van der Waals surface area contributed by atoms with Crippen LogP contribution < -0.4 is 0 Å². The number of methoxy groups -OCH3 is 2. The van der Waals surface area contributed by atoms with Crippen LogP contribution in [0, 0.1) is 0 Å². The normalized spacial score (nSPS) is 10.7. The molecule has 110 valence electrons. The van der Waals surface area contributed by atoms with E-state index in [1.54, 1.807) is 24.3 Å². The van der Waals surface area contributed by atoms with E-state index in [2.05, 4.69) is 14.5 Å². The molecule has 0 aliphatic heterocycles. The summed E-state index contributed by atoms with van der Waals surface area (Å²) in [5.74, 6) is -3.13. The minimum absolute atomic E-state index is 0.197. The highest BCUT2D eigenvalue weighted by Gasteiger charge is 2.35. The van der Waals surface area contributed by atoms with Gasteiger partial charge in [-0.25, -0.2) is 0 Å². The number of ketones is 1. The van der Waals surface area contributed by atoms with Crippen LogP contribution in [-0.4, -0.2) is 36.9 Å². The van der Waals surface area contributed by atoms with E-state index in [9.17, 15) is 14.4 Å². The third-order valence-electron chi connectivity index (χ3n) is 3.25. The van der Waals surface area contributed by atoms with Crippen LogP contribution in [0.3, 0.4) is 0 Å². The number of esters is 2. The molecule has 1 aromatic heterocycles. The smallest absolute Gasteiger partial charge is 0.326 e. The topological polar surface area (TPSA) is 85.5 Å². The molecule has 2 rings (SSSR count). The zero-order valence-electron chi connectivity index (χ0n) is 11.9. The molecule has 6 heteroatoms. The van der Waals surface area contributed by atoms with Gasteiger partial charge in [0.05, 0.1) is 19.9 Å². The molecule has 0 spiro atoms. The van der Waals surface area contributed by atoms with Crippen molar-refractivity contribution < 1.29 is 23.9 Å². The second-order valence-corrected chi connectivity index (χ2v) is 4.49. The number of hydrogen-bond acceptors (Lipinski definition) is 5. The molecule has 0 amide bonds. The lowest BCUT2D eigenvalue weighted by atomic mass is 9.98. The van der Waals surface area contributed by atoms with Gasteiger partial charge in [-0.1, -0.05) is 18.2 Å².